The number of nitrogens with zero attached hydrogens (tertiary/aromatic N) is 1. The first-order valence-electron chi connectivity index (χ1n) is 7.85. The smallest absolute Gasteiger partial charge is 0.231 e. The van der Waals surface area contributed by atoms with Gasteiger partial charge in [0.2, 0.25) is 6.79 Å². The Balaban J connectivity index is 1.38. The molecule has 21 heavy (non-hydrogen) atoms. The number of hydrogen-bond acceptors (Lipinski definition) is 4. The first-order valence-corrected chi connectivity index (χ1v) is 8.64. The predicted octanol–water partition coefficient (Wildman–Crippen LogP) is 2.89. The van der Waals surface area contributed by atoms with E-state index in [9.17, 15) is 0 Å². The Morgan fingerprint density at radius 1 is 1.24 bits per heavy atom. The highest BCUT2D eigenvalue weighted by molar-refractivity contribution is 9.10. The Hall–Kier alpha value is -0.780. The zero-order valence-electron chi connectivity index (χ0n) is 12.1. The maximum absolute atomic E-state index is 5.48. The molecule has 2 unspecified atom stereocenters. The third-order valence-corrected chi connectivity index (χ3v) is 5.49. The van der Waals surface area contributed by atoms with Gasteiger partial charge in [-0.2, -0.15) is 0 Å². The summed E-state index contributed by atoms with van der Waals surface area (Å²) >= 11 is 3.56. The summed E-state index contributed by atoms with van der Waals surface area (Å²) in [4.78, 5) is 2.66. The molecule has 2 saturated heterocycles. The largest absolute Gasteiger partial charge is 0.454 e. The van der Waals surface area contributed by atoms with Gasteiger partial charge in [0.1, 0.15) is 0 Å². The lowest BCUT2D eigenvalue weighted by molar-refractivity contribution is 0.166. The summed E-state index contributed by atoms with van der Waals surface area (Å²) in [6, 6.07) is 5.68. The Morgan fingerprint density at radius 3 is 3.14 bits per heavy atom. The SMILES string of the molecule is Brc1cc(CNC2CCN3CCCC3C2)cc2c1OCO2. The van der Waals surface area contributed by atoms with Crippen molar-refractivity contribution in [3.63, 3.8) is 0 Å². The molecule has 3 heterocycles. The van der Waals surface area contributed by atoms with Gasteiger partial charge in [-0.3, -0.25) is 0 Å². The maximum atomic E-state index is 5.48. The second kappa shape index (κ2) is 5.78. The topological polar surface area (TPSA) is 33.7 Å². The van der Waals surface area contributed by atoms with Crippen molar-refractivity contribution in [1.29, 1.82) is 0 Å². The van der Waals surface area contributed by atoms with Crippen LogP contribution in [-0.4, -0.2) is 36.9 Å². The Morgan fingerprint density at radius 2 is 2.19 bits per heavy atom. The highest BCUT2D eigenvalue weighted by Gasteiger charge is 2.31. The van der Waals surface area contributed by atoms with E-state index in [1.165, 1.54) is 44.3 Å². The van der Waals surface area contributed by atoms with Gasteiger partial charge in [0.15, 0.2) is 11.5 Å². The van der Waals surface area contributed by atoms with Gasteiger partial charge < -0.3 is 19.7 Å². The van der Waals surface area contributed by atoms with Crippen LogP contribution in [0.5, 0.6) is 11.5 Å². The molecule has 1 aromatic rings. The van der Waals surface area contributed by atoms with Crippen molar-refractivity contribution >= 4 is 15.9 Å². The van der Waals surface area contributed by atoms with Crippen LogP contribution in [0.4, 0.5) is 0 Å². The van der Waals surface area contributed by atoms with Crippen molar-refractivity contribution in [3.05, 3.63) is 22.2 Å². The van der Waals surface area contributed by atoms with Crippen LogP contribution >= 0.6 is 15.9 Å². The molecule has 2 fully saturated rings. The van der Waals surface area contributed by atoms with Crippen LogP contribution in [0, 0.1) is 0 Å². The zero-order chi connectivity index (χ0) is 14.2. The van der Waals surface area contributed by atoms with E-state index in [2.05, 4.69) is 38.3 Å². The number of benzene rings is 1. The standard InChI is InChI=1S/C16H21BrN2O2/c17-14-6-11(7-15-16(14)21-10-20-15)9-18-12-3-5-19-4-1-2-13(19)8-12/h6-7,12-13,18H,1-5,8-10H2. The van der Waals surface area contributed by atoms with Crippen LogP contribution in [-0.2, 0) is 6.54 Å². The highest BCUT2D eigenvalue weighted by Crippen LogP contribution is 2.40. The minimum atomic E-state index is 0.324. The number of fused-ring (bicyclic) bond motifs is 2. The molecule has 3 aliphatic heterocycles. The van der Waals surface area contributed by atoms with Crippen LogP contribution < -0.4 is 14.8 Å². The van der Waals surface area contributed by atoms with Crippen molar-refractivity contribution in [2.75, 3.05) is 19.9 Å². The lowest BCUT2D eigenvalue weighted by Crippen LogP contribution is -2.45. The fourth-order valence-corrected chi connectivity index (χ4v) is 4.40. The highest BCUT2D eigenvalue weighted by atomic mass is 79.9. The molecular weight excluding hydrogens is 332 g/mol. The molecule has 4 rings (SSSR count). The fourth-order valence-electron chi connectivity index (χ4n) is 3.79. The van der Waals surface area contributed by atoms with Crippen LogP contribution in [0.15, 0.2) is 16.6 Å². The minimum absolute atomic E-state index is 0.324. The molecule has 0 bridgehead atoms. The van der Waals surface area contributed by atoms with Crippen LogP contribution in [0.1, 0.15) is 31.2 Å². The third-order valence-electron chi connectivity index (χ3n) is 4.90. The number of piperidine rings is 1. The molecule has 4 nitrogen and oxygen atoms in total. The Bertz CT molecular complexity index is 537. The normalized spacial score (nSPS) is 27.9. The van der Waals surface area contributed by atoms with Gasteiger partial charge in [-0.1, -0.05) is 0 Å². The Kier molecular flexibility index (Phi) is 3.81. The molecule has 1 N–H and O–H groups in total. The van der Waals surface area contributed by atoms with Crippen molar-refractivity contribution in [1.82, 2.24) is 10.2 Å². The second-order valence-electron chi connectivity index (χ2n) is 6.25. The molecule has 5 heteroatoms. The zero-order valence-corrected chi connectivity index (χ0v) is 13.7. The van der Waals surface area contributed by atoms with Crippen molar-refractivity contribution < 1.29 is 9.47 Å². The third kappa shape index (κ3) is 2.79. The van der Waals surface area contributed by atoms with E-state index in [1.807, 2.05) is 0 Å². The van der Waals surface area contributed by atoms with Gasteiger partial charge in [-0.15, -0.1) is 0 Å². The van der Waals surface area contributed by atoms with Gasteiger partial charge in [-0.05, 0) is 72.4 Å². The average Bonchev–Trinajstić information content (AvgIpc) is 3.13. The molecule has 3 aliphatic rings. The van der Waals surface area contributed by atoms with E-state index < -0.39 is 0 Å². The number of rotatable bonds is 3. The number of ether oxygens (including phenoxy) is 2. The summed E-state index contributed by atoms with van der Waals surface area (Å²) < 4.78 is 11.9. The summed E-state index contributed by atoms with van der Waals surface area (Å²) in [5.74, 6) is 1.69. The maximum Gasteiger partial charge on any atom is 0.231 e. The number of nitrogens with one attached hydrogen (secondary N) is 1. The summed E-state index contributed by atoms with van der Waals surface area (Å²) in [7, 11) is 0. The minimum Gasteiger partial charge on any atom is -0.454 e. The van der Waals surface area contributed by atoms with E-state index in [1.54, 1.807) is 0 Å². The fraction of sp³-hybridized carbons (Fsp3) is 0.625. The molecule has 2 atom stereocenters. The lowest BCUT2D eigenvalue weighted by Gasteiger charge is -2.35. The van der Waals surface area contributed by atoms with Gasteiger partial charge >= 0.3 is 0 Å². The number of halogens is 1. The van der Waals surface area contributed by atoms with Crippen LogP contribution in [0.2, 0.25) is 0 Å². The van der Waals surface area contributed by atoms with Crippen molar-refractivity contribution in [2.24, 2.45) is 0 Å². The molecule has 0 aliphatic carbocycles. The van der Waals surface area contributed by atoms with E-state index in [-0.39, 0.29) is 0 Å². The van der Waals surface area contributed by atoms with Crippen molar-refractivity contribution in [2.45, 2.75) is 44.3 Å². The molecule has 0 saturated carbocycles. The van der Waals surface area contributed by atoms with Gasteiger partial charge in [0.05, 0.1) is 4.47 Å². The molecule has 0 spiro atoms. The molecule has 0 aromatic heterocycles. The van der Waals surface area contributed by atoms with Crippen molar-refractivity contribution in [3.8, 4) is 11.5 Å². The average molecular weight is 353 g/mol. The summed E-state index contributed by atoms with van der Waals surface area (Å²) in [5.41, 5.74) is 1.25. The summed E-state index contributed by atoms with van der Waals surface area (Å²) in [6.45, 7) is 3.79. The van der Waals surface area contributed by atoms with E-state index in [4.69, 9.17) is 9.47 Å². The van der Waals surface area contributed by atoms with Gasteiger partial charge in [0.25, 0.3) is 0 Å². The van der Waals surface area contributed by atoms with Gasteiger partial charge in [-0.25, -0.2) is 0 Å². The predicted molar refractivity (Wildman–Crippen MR) is 84.7 cm³/mol. The molecule has 114 valence electrons. The summed E-state index contributed by atoms with van der Waals surface area (Å²) in [6.07, 6.45) is 5.33. The first kappa shape index (κ1) is 13.9. The van der Waals surface area contributed by atoms with E-state index >= 15 is 0 Å². The lowest BCUT2D eigenvalue weighted by atomic mass is 9.97. The first-order chi connectivity index (χ1) is 10.3. The molecule has 1 aromatic carbocycles. The Labute approximate surface area is 133 Å². The number of hydrogen-bond donors (Lipinski definition) is 1. The van der Waals surface area contributed by atoms with Gasteiger partial charge in [0, 0.05) is 18.6 Å². The molecule has 0 amide bonds. The summed E-state index contributed by atoms with van der Waals surface area (Å²) in [5, 5.41) is 3.73. The molecular formula is C16H21BrN2O2. The van der Waals surface area contributed by atoms with Crippen LogP contribution in [0.3, 0.4) is 0 Å². The monoisotopic (exact) mass is 352 g/mol. The quantitative estimate of drug-likeness (QED) is 0.906. The molecule has 0 radical (unpaired) electrons. The van der Waals surface area contributed by atoms with E-state index in [0.717, 1.165) is 28.6 Å². The van der Waals surface area contributed by atoms with Crippen LogP contribution in [0.25, 0.3) is 0 Å². The van der Waals surface area contributed by atoms with E-state index in [0.29, 0.717) is 12.8 Å². The second-order valence-corrected chi connectivity index (χ2v) is 7.10.